The van der Waals surface area contributed by atoms with E-state index in [-0.39, 0.29) is 0 Å². The third kappa shape index (κ3) is 4.32. The molecule has 0 saturated carbocycles. The molecule has 0 aliphatic heterocycles. The summed E-state index contributed by atoms with van der Waals surface area (Å²) >= 11 is 9.07. The number of aliphatic hydroxyl groups is 1. The van der Waals surface area contributed by atoms with E-state index in [2.05, 4.69) is 31.2 Å². The van der Waals surface area contributed by atoms with E-state index in [4.69, 9.17) is 11.6 Å². The predicted octanol–water partition coefficient (Wildman–Crippen LogP) is 2.47. The molecule has 15 heavy (non-hydrogen) atoms. The molecule has 0 aliphatic rings. The maximum absolute atomic E-state index is 9.51. The van der Waals surface area contributed by atoms with Crippen molar-refractivity contribution in [2.75, 3.05) is 11.9 Å². The highest BCUT2D eigenvalue weighted by Crippen LogP contribution is 2.26. The molecule has 6 heteroatoms. The van der Waals surface area contributed by atoms with E-state index in [9.17, 15) is 5.11 Å². The van der Waals surface area contributed by atoms with Crippen molar-refractivity contribution < 1.29 is 5.11 Å². The van der Waals surface area contributed by atoms with E-state index >= 15 is 0 Å². The largest absolute Gasteiger partial charge is 0.390 e. The van der Waals surface area contributed by atoms with Gasteiger partial charge in [-0.1, -0.05) is 11.6 Å². The molecule has 0 aromatic carbocycles. The summed E-state index contributed by atoms with van der Waals surface area (Å²) in [6.45, 7) is 4.14. The van der Waals surface area contributed by atoms with Gasteiger partial charge in [0, 0.05) is 6.54 Å². The number of hydrogen-bond donors (Lipinski definition) is 2. The Kier molecular flexibility index (Phi) is 4.31. The van der Waals surface area contributed by atoms with Crippen LogP contribution in [0.5, 0.6) is 0 Å². The molecule has 2 N–H and O–H groups in total. The molecule has 84 valence electrons. The summed E-state index contributed by atoms with van der Waals surface area (Å²) < 4.78 is 0.641. The van der Waals surface area contributed by atoms with Crippen molar-refractivity contribution in [1.29, 1.82) is 0 Å². The molecule has 1 rings (SSSR count). The van der Waals surface area contributed by atoms with Crippen molar-refractivity contribution in [2.24, 2.45) is 0 Å². The van der Waals surface area contributed by atoms with E-state index < -0.39 is 5.60 Å². The highest BCUT2D eigenvalue weighted by Gasteiger charge is 2.12. The first-order chi connectivity index (χ1) is 6.90. The molecule has 4 nitrogen and oxygen atoms in total. The summed E-state index contributed by atoms with van der Waals surface area (Å²) in [5.41, 5.74) is -0.684. The van der Waals surface area contributed by atoms with Gasteiger partial charge in [0.2, 0.25) is 0 Å². The third-order valence-electron chi connectivity index (χ3n) is 1.78. The summed E-state index contributed by atoms with van der Waals surface area (Å²) in [7, 11) is 0. The van der Waals surface area contributed by atoms with Crippen molar-refractivity contribution >= 4 is 33.3 Å². The average molecular weight is 295 g/mol. The molecule has 0 spiro atoms. The number of anilines is 1. The Balaban J connectivity index is 2.55. The molecule has 1 heterocycles. The van der Waals surface area contributed by atoms with E-state index in [1.54, 1.807) is 13.8 Å². The Morgan fingerprint density at radius 3 is 2.80 bits per heavy atom. The summed E-state index contributed by atoms with van der Waals surface area (Å²) in [5.74, 6) is 0.638. The molecular formula is C9H13BrClN3O. The van der Waals surface area contributed by atoms with Crippen molar-refractivity contribution in [2.45, 2.75) is 25.9 Å². The van der Waals surface area contributed by atoms with Crippen molar-refractivity contribution in [3.05, 3.63) is 16.0 Å². The quantitative estimate of drug-likeness (QED) is 0.838. The summed E-state index contributed by atoms with van der Waals surface area (Å²) in [5, 5.41) is 12.9. The minimum atomic E-state index is -0.684. The Morgan fingerprint density at radius 2 is 2.20 bits per heavy atom. The zero-order chi connectivity index (χ0) is 11.5. The number of nitrogens with zero attached hydrogens (tertiary/aromatic N) is 2. The second-order valence-corrected chi connectivity index (χ2v) is 4.97. The van der Waals surface area contributed by atoms with E-state index in [0.717, 1.165) is 0 Å². The number of rotatable bonds is 4. The standard InChI is InChI=1S/C9H13BrClN3O/c1-9(2,15)3-4-12-8-6(10)7(11)13-5-14-8/h5,15H,3-4H2,1-2H3,(H,12,13,14). The molecule has 0 aliphatic carbocycles. The van der Waals surface area contributed by atoms with Gasteiger partial charge in [-0.05, 0) is 36.2 Å². The van der Waals surface area contributed by atoms with Gasteiger partial charge in [0.15, 0.2) is 0 Å². The van der Waals surface area contributed by atoms with E-state index in [0.29, 0.717) is 28.4 Å². The number of hydrogen-bond acceptors (Lipinski definition) is 4. The zero-order valence-corrected chi connectivity index (χ0v) is 10.9. The minimum Gasteiger partial charge on any atom is -0.390 e. The fourth-order valence-electron chi connectivity index (χ4n) is 0.958. The van der Waals surface area contributed by atoms with Gasteiger partial charge in [0.05, 0.1) is 10.1 Å². The van der Waals surface area contributed by atoms with Crippen molar-refractivity contribution in [1.82, 2.24) is 9.97 Å². The molecule has 0 atom stereocenters. The second-order valence-electron chi connectivity index (χ2n) is 3.82. The van der Waals surface area contributed by atoms with Gasteiger partial charge in [0.25, 0.3) is 0 Å². The third-order valence-corrected chi connectivity index (χ3v) is 3.04. The molecule has 0 saturated heterocycles. The molecular weight excluding hydrogens is 281 g/mol. The molecule has 1 aromatic rings. The highest BCUT2D eigenvalue weighted by atomic mass is 79.9. The molecule has 0 fully saturated rings. The van der Waals surface area contributed by atoms with Gasteiger partial charge in [-0.15, -0.1) is 0 Å². The predicted molar refractivity (Wildman–Crippen MR) is 64.1 cm³/mol. The smallest absolute Gasteiger partial charge is 0.148 e. The number of halogens is 2. The maximum atomic E-state index is 9.51. The lowest BCUT2D eigenvalue weighted by Crippen LogP contribution is -2.23. The van der Waals surface area contributed by atoms with Gasteiger partial charge in [-0.2, -0.15) is 0 Å². The molecule has 1 aromatic heterocycles. The van der Waals surface area contributed by atoms with E-state index in [1.165, 1.54) is 6.33 Å². The Hall–Kier alpha value is -0.390. The topological polar surface area (TPSA) is 58.0 Å². The van der Waals surface area contributed by atoms with Crippen LogP contribution in [0.4, 0.5) is 5.82 Å². The molecule has 0 radical (unpaired) electrons. The van der Waals surface area contributed by atoms with E-state index in [1.807, 2.05) is 0 Å². The number of nitrogens with one attached hydrogen (secondary N) is 1. The van der Waals surface area contributed by atoms with Crippen LogP contribution in [0.25, 0.3) is 0 Å². The SMILES string of the molecule is CC(C)(O)CCNc1ncnc(Cl)c1Br. The minimum absolute atomic E-state index is 0.371. The van der Waals surface area contributed by atoms with Crippen LogP contribution in [0.3, 0.4) is 0 Å². The zero-order valence-electron chi connectivity index (χ0n) is 8.59. The number of aromatic nitrogens is 2. The van der Waals surface area contributed by atoms with Gasteiger partial charge in [0.1, 0.15) is 17.3 Å². The Labute approximate surface area is 102 Å². The van der Waals surface area contributed by atoms with Gasteiger partial charge >= 0.3 is 0 Å². The van der Waals surface area contributed by atoms with Crippen LogP contribution in [0.2, 0.25) is 5.15 Å². The summed E-state index contributed by atoms with van der Waals surface area (Å²) in [6, 6.07) is 0. The molecule has 0 unspecified atom stereocenters. The lowest BCUT2D eigenvalue weighted by Gasteiger charge is -2.17. The van der Waals surface area contributed by atoms with Crippen LogP contribution >= 0.6 is 27.5 Å². The first kappa shape index (κ1) is 12.7. The van der Waals surface area contributed by atoms with Crippen LogP contribution in [0.1, 0.15) is 20.3 Å². The van der Waals surface area contributed by atoms with Crippen molar-refractivity contribution in [3.63, 3.8) is 0 Å². The first-order valence-corrected chi connectivity index (χ1v) is 5.69. The molecule has 0 amide bonds. The highest BCUT2D eigenvalue weighted by molar-refractivity contribution is 9.10. The van der Waals surface area contributed by atoms with Crippen LogP contribution in [-0.4, -0.2) is 27.2 Å². The van der Waals surface area contributed by atoms with Crippen LogP contribution in [-0.2, 0) is 0 Å². The fraction of sp³-hybridized carbons (Fsp3) is 0.556. The van der Waals surface area contributed by atoms with Crippen LogP contribution < -0.4 is 5.32 Å². The van der Waals surface area contributed by atoms with Crippen LogP contribution in [0, 0.1) is 0 Å². The summed E-state index contributed by atoms with van der Waals surface area (Å²) in [4.78, 5) is 7.84. The van der Waals surface area contributed by atoms with Crippen molar-refractivity contribution in [3.8, 4) is 0 Å². The second kappa shape index (κ2) is 5.09. The monoisotopic (exact) mass is 293 g/mol. The average Bonchev–Trinajstić information content (AvgIpc) is 2.10. The van der Waals surface area contributed by atoms with Gasteiger partial charge < -0.3 is 10.4 Å². The lowest BCUT2D eigenvalue weighted by molar-refractivity contribution is 0.0748. The Morgan fingerprint density at radius 1 is 1.53 bits per heavy atom. The van der Waals surface area contributed by atoms with Gasteiger partial charge in [-0.25, -0.2) is 9.97 Å². The lowest BCUT2D eigenvalue weighted by atomic mass is 10.1. The van der Waals surface area contributed by atoms with Crippen LogP contribution in [0.15, 0.2) is 10.8 Å². The molecule has 0 bridgehead atoms. The Bertz CT molecular complexity index is 341. The fourth-order valence-corrected chi connectivity index (χ4v) is 1.44. The normalized spacial score (nSPS) is 11.5. The van der Waals surface area contributed by atoms with Gasteiger partial charge in [-0.3, -0.25) is 0 Å². The first-order valence-electron chi connectivity index (χ1n) is 4.52. The maximum Gasteiger partial charge on any atom is 0.148 e. The summed E-state index contributed by atoms with van der Waals surface area (Å²) in [6.07, 6.45) is 2.01.